The summed E-state index contributed by atoms with van der Waals surface area (Å²) < 4.78 is 37.6. The first-order valence-electron chi connectivity index (χ1n) is 7.64. The molecule has 3 aliphatic rings. The van der Waals surface area contributed by atoms with Crippen molar-refractivity contribution < 1.29 is 22.8 Å². The van der Waals surface area contributed by atoms with Crippen LogP contribution in [-0.2, 0) is 9.59 Å². The Labute approximate surface area is 131 Å². The van der Waals surface area contributed by atoms with Gasteiger partial charge in [0.1, 0.15) is 0 Å². The summed E-state index contributed by atoms with van der Waals surface area (Å²) in [6, 6.07) is -0.676. The van der Waals surface area contributed by atoms with Crippen LogP contribution >= 0.6 is 0 Å². The van der Waals surface area contributed by atoms with E-state index in [2.05, 4.69) is 16.6 Å². The number of hydrogen-bond acceptors (Lipinski definition) is 3. The Morgan fingerprint density at radius 1 is 1.48 bits per heavy atom. The predicted octanol–water partition coefficient (Wildman–Crippen LogP) is 0.158. The lowest BCUT2D eigenvalue weighted by atomic mass is 9.77. The van der Waals surface area contributed by atoms with Crippen LogP contribution in [-0.4, -0.2) is 37.1 Å². The van der Waals surface area contributed by atoms with Crippen molar-refractivity contribution in [1.82, 2.24) is 10.6 Å². The van der Waals surface area contributed by atoms with Gasteiger partial charge in [0.25, 0.3) is 0 Å². The quantitative estimate of drug-likeness (QED) is 0.642. The summed E-state index contributed by atoms with van der Waals surface area (Å²) in [7, 11) is 0. The van der Waals surface area contributed by atoms with Crippen LogP contribution in [0, 0.1) is 35.0 Å². The summed E-state index contributed by atoms with van der Waals surface area (Å²) in [4.78, 5) is 23.4. The number of nitrogens with two attached hydrogens (primary N) is 1. The molecule has 0 spiro atoms. The zero-order valence-corrected chi connectivity index (χ0v) is 12.4. The molecule has 3 unspecified atom stereocenters. The predicted molar refractivity (Wildman–Crippen MR) is 74.6 cm³/mol. The maximum Gasteiger partial charge on any atom is 0.457 e. The van der Waals surface area contributed by atoms with Crippen LogP contribution < -0.4 is 16.4 Å². The number of rotatable bonds is 4. The summed E-state index contributed by atoms with van der Waals surface area (Å²) in [5.74, 6) is 2.00. The fraction of sp³-hybridized carbons (Fsp3) is 0.733. The average molecular weight is 329 g/mol. The maximum absolute atomic E-state index is 12.5. The molecule has 5 atom stereocenters. The van der Waals surface area contributed by atoms with Crippen molar-refractivity contribution >= 4 is 11.8 Å². The standard InChI is InChI=1S/C15H18F3N3O2/c16-15(17,18)3-1-9(5-8-2-4-20-13(8)23)14-6-10(14)7-21-11(14)12(19)22/h8-11,21H,2,4-7H2,(H2,19,22)(H,20,23)/t8-,9-,10?,11?,14?/m1/s1. The van der Waals surface area contributed by atoms with E-state index in [1.807, 2.05) is 0 Å². The van der Waals surface area contributed by atoms with Gasteiger partial charge in [0.2, 0.25) is 11.8 Å². The van der Waals surface area contributed by atoms with Gasteiger partial charge in [-0.3, -0.25) is 9.59 Å². The molecule has 0 aromatic rings. The first-order chi connectivity index (χ1) is 10.7. The molecule has 3 fully saturated rings. The van der Waals surface area contributed by atoms with Crippen molar-refractivity contribution in [3.8, 4) is 11.8 Å². The van der Waals surface area contributed by atoms with E-state index >= 15 is 0 Å². The second kappa shape index (κ2) is 5.41. The summed E-state index contributed by atoms with van der Waals surface area (Å²) in [5.41, 5.74) is 4.74. The number of carbonyl (C=O) groups is 2. The average Bonchev–Trinajstić information content (AvgIpc) is 2.83. The molecule has 126 valence electrons. The van der Waals surface area contributed by atoms with E-state index in [9.17, 15) is 22.8 Å². The number of piperidine rings is 1. The largest absolute Gasteiger partial charge is 0.457 e. The minimum atomic E-state index is -4.59. The van der Waals surface area contributed by atoms with Gasteiger partial charge in [-0.1, -0.05) is 5.92 Å². The number of primary amides is 1. The zero-order valence-electron chi connectivity index (χ0n) is 12.4. The molecule has 1 aliphatic carbocycles. The Bertz CT molecular complexity index is 595. The number of fused-ring (bicyclic) bond motifs is 1. The zero-order chi connectivity index (χ0) is 16.8. The molecule has 3 rings (SSSR count). The van der Waals surface area contributed by atoms with Crippen LogP contribution in [0.2, 0.25) is 0 Å². The molecule has 5 nitrogen and oxygen atoms in total. The third-order valence-electron chi connectivity index (χ3n) is 5.31. The molecular formula is C15H18F3N3O2. The fourth-order valence-corrected chi connectivity index (χ4v) is 4.16. The van der Waals surface area contributed by atoms with Gasteiger partial charge < -0.3 is 16.4 Å². The van der Waals surface area contributed by atoms with Gasteiger partial charge in [-0.2, -0.15) is 13.2 Å². The Morgan fingerprint density at radius 2 is 2.22 bits per heavy atom. The van der Waals surface area contributed by atoms with Crippen molar-refractivity contribution in [2.45, 2.75) is 31.5 Å². The van der Waals surface area contributed by atoms with Crippen molar-refractivity contribution in [2.75, 3.05) is 13.1 Å². The van der Waals surface area contributed by atoms with Crippen LogP contribution in [0.15, 0.2) is 0 Å². The molecule has 0 radical (unpaired) electrons. The number of alkyl halides is 3. The molecule has 1 saturated carbocycles. The number of carbonyl (C=O) groups excluding carboxylic acids is 2. The number of halogens is 3. The van der Waals surface area contributed by atoms with Gasteiger partial charge in [0, 0.05) is 29.7 Å². The molecule has 2 aliphatic heterocycles. The second-order valence-corrected chi connectivity index (χ2v) is 6.59. The van der Waals surface area contributed by atoms with E-state index in [-0.39, 0.29) is 24.2 Å². The number of nitrogens with one attached hydrogen (secondary N) is 2. The number of hydrogen-bond donors (Lipinski definition) is 3. The maximum atomic E-state index is 12.5. The second-order valence-electron chi connectivity index (χ2n) is 6.59. The highest BCUT2D eigenvalue weighted by Gasteiger charge is 2.68. The minimum absolute atomic E-state index is 0.0944. The highest BCUT2D eigenvalue weighted by atomic mass is 19.4. The third kappa shape index (κ3) is 2.90. The van der Waals surface area contributed by atoms with Crippen molar-refractivity contribution in [3.63, 3.8) is 0 Å². The lowest BCUT2D eigenvalue weighted by Gasteiger charge is -2.28. The van der Waals surface area contributed by atoms with Gasteiger partial charge in [-0.25, -0.2) is 0 Å². The summed E-state index contributed by atoms with van der Waals surface area (Å²) >= 11 is 0. The van der Waals surface area contributed by atoms with Crippen LogP contribution in [0.5, 0.6) is 0 Å². The van der Waals surface area contributed by atoms with Crippen molar-refractivity contribution in [2.24, 2.45) is 28.9 Å². The lowest BCUT2D eigenvalue weighted by molar-refractivity contribution is -0.123. The van der Waals surface area contributed by atoms with Gasteiger partial charge in [0.05, 0.1) is 6.04 Å². The topological polar surface area (TPSA) is 84.2 Å². The van der Waals surface area contributed by atoms with Crippen LogP contribution in [0.4, 0.5) is 13.2 Å². The first-order valence-corrected chi connectivity index (χ1v) is 7.64. The molecule has 8 heteroatoms. The minimum Gasteiger partial charge on any atom is -0.368 e. The van der Waals surface area contributed by atoms with Gasteiger partial charge >= 0.3 is 6.18 Å². The Hall–Kier alpha value is -1.75. The van der Waals surface area contributed by atoms with E-state index in [4.69, 9.17) is 5.73 Å². The van der Waals surface area contributed by atoms with E-state index in [0.29, 0.717) is 25.9 Å². The van der Waals surface area contributed by atoms with Crippen LogP contribution in [0.25, 0.3) is 0 Å². The molecule has 2 heterocycles. The molecule has 4 N–H and O–H groups in total. The van der Waals surface area contributed by atoms with Crippen LogP contribution in [0.1, 0.15) is 19.3 Å². The fourth-order valence-electron chi connectivity index (χ4n) is 4.16. The van der Waals surface area contributed by atoms with Crippen LogP contribution in [0.3, 0.4) is 0 Å². The van der Waals surface area contributed by atoms with Gasteiger partial charge in [-0.15, -0.1) is 0 Å². The molecular weight excluding hydrogens is 311 g/mol. The Kier molecular flexibility index (Phi) is 3.79. The van der Waals surface area contributed by atoms with Gasteiger partial charge in [0.15, 0.2) is 0 Å². The highest BCUT2D eigenvalue weighted by molar-refractivity contribution is 5.83. The molecule has 0 bridgehead atoms. The van der Waals surface area contributed by atoms with Crippen molar-refractivity contribution in [1.29, 1.82) is 0 Å². The molecule has 23 heavy (non-hydrogen) atoms. The molecule has 0 aromatic heterocycles. The third-order valence-corrected chi connectivity index (χ3v) is 5.31. The Morgan fingerprint density at radius 3 is 2.74 bits per heavy atom. The summed E-state index contributed by atoms with van der Waals surface area (Å²) in [6.07, 6.45) is -3.15. The summed E-state index contributed by atoms with van der Waals surface area (Å²) in [5, 5.41) is 5.67. The Balaban J connectivity index is 1.87. The molecule has 0 aromatic carbocycles. The van der Waals surface area contributed by atoms with E-state index in [0.717, 1.165) is 0 Å². The van der Waals surface area contributed by atoms with E-state index in [1.165, 1.54) is 5.92 Å². The lowest BCUT2D eigenvalue weighted by Crippen LogP contribution is -2.46. The molecule has 2 saturated heterocycles. The summed E-state index contributed by atoms with van der Waals surface area (Å²) in [6.45, 7) is 1.07. The van der Waals surface area contributed by atoms with Gasteiger partial charge in [-0.05, 0) is 31.7 Å². The van der Waals surface area contributed by atoms with E-state index in [1.54, 1.807) is 0 Å². The van der Waals surface area contributed by atoms with Crippen molar-refractivity contribution in [3.05, 3.63) is 0 Å². The van der Waals surface area contributed by atoms with E-state index < -0.39 is 29.5 Å². The molecule has 2 amide bonds. The first kappa shape index (κ1) is 16.1. The monoisotopic (exact) mass is 329 g/mol. The SMILES string of the molecule is NC(=O)C1NCC2CC21[C@H](C#CC(F)(F)F)C[C@H]1CCNC1=O. The number of amides is 2. The normalized spacial score (nSPS) is 36.7. The highest BCUT2D eigenvalue weighted by Crippen LogP contribution is 2.64. The smallest absolute Gasteiger partial charge is 0.368 e.